The molecule has 0 aliphatic carbocycles. The highest BCUT2D eigenvalue weighted by atomic mass is 16.1. The van der Waals surface area contributed by atoms with Crippen LogP contribution in [0.25, 0.3) is 0 Å². The van der Waals surface area contributed by atoms with Gasteiger partial charge in [-0.05, 0) is 18.4 Å². The van der Waals surface area contributed by atoms with Gasteiger partial charge in [0.25, 0.3) is 0 Å². The van der Waals surface area contributed by atoms with Crippen LogP contribution in [-0.2, 0) is 18.3 Å². The van der Waals surface area contributed by atoms with Gasteiger partial charge in [-0.2, -0.15) is 5.10 Å². The normalized spacial score (nSPS) is 13.1. The second kappa shape index (κ2) is 5.80. The molecule has 1 unspecified atom stereocenters. The fraction of sp³-hybridized carbons (Fsp3) is 0.667. The first-order chi connectivity index (χ1) is 7.52. The van der Waals surface area contributed by atoms with Crippen LogP contribution >= 0.6 is 0 Å². The lowest BCUT2D eigenvalue weighted by Gasteiger charge is -2.15. The van der Waals surface area contributed by atoms with Crippen molar-refractivity contribution in [1.82, 2.24) is 9.78 Å². The molecule has 0 aliphatic rings. The summed E-state index contributed by atoms with van der Waals surface area (Å²) in [6.45, 7) is 4.65. The number of aromatic nitrogens is 2. The van der Waals surface area contributed by atoms with Gasteiger partial charge in [-0.1, -0.05) is 13.8 Å². The smallest absolute Gasteiger partial charge is 0.143 e. The Hall–Kier alpha value is -1.16. The summed E-state index contributed by atoms with van der Waals surface area (Å²) >= 11 is 0. The van der Waals surface area contributed by atoms with Crippen LogP contribution in [-0.4, -0.2) is 22.1 Å². The van der Waals surface area contributed by atoms with Gasteiger partial charge in [0.05, 0.1) is 12.1 Å². The number of nitrogens with zero attached hydrogens (tertiary/aromatic N) is 2. The van der Waals surface area contributed by atoms with Crippen molar-refractivity contribution in [2.24, 2.45) is 24.6 Å². The molecule has 0 saturated carbocycles. The Bertz CT molecular complexity index is 344. The largest absolute Gasteiger partial charge is 0.330 e. The van der Waals surface area contributed by atoms with E-state index in [2.05, 4.69) is 18.9 Å². The van der Waals surface area contributed by atoms with Crippen LogP contribution < -0.4 is 5.73 Å². The molecular weight excluding hydrogens is 202 g/mol. The molecule has 0 spiro atoms. The summed E-state index contributed by atoms with van der Waals surface area (Å²) in [6, 6.07) is 1.88. The highest BCUT2D eigenvalue weighted by molar-refractivity contribution is 5.83. The quantitative estimate of drug-likeness (QED) is 0.787. The van der Waals surface area contributed by atoms with Crippen LogP contribution in [0.15, 0.2) is 12.3 Å². The van der Waals surface area contributed by atoms with Crippen molar-refractivity contribution in [3.05, 3.63) is 18.0 Å². The van der Waals surface area contributed by atoms with Crippen molar-refractivity contribution in [3.8, 4) is 0 Å². The maximum Gasteiger partial charge on any atom is 0.143 e. The molecule has 0 bridgehead atoms. The fourth-order valence-electron chi connectivity index (χ4n) is 1.81. The Labute approximate surface area is 96.8 Å². The summed E-state index contributed by atoms with van der Waals surface area (Å²) in [7, 11) is 1.85. The van der Waals surface area contributed by atoms with Crippen molar-refractivity contribution >= 4 is 5.78 Å². The number of carbonyl (C=O) groups excluding carboxylic acids is 1. The van der Waals surface area contributed by atoms with E-state index in [1.807, 2.05) is 19.3 Å². The van der Waals surface area contributed by atoms with Crippen LogP contribution in [0.5, 0.6) is 0 Å². The number of rotatable bonds is 6. The topological polar surface area (TPSA) is 60.9 Å². The molecule has 0 radical (unpaired) electrons. The van der Waals surface area contributed by atoms with Gasteiger partial charge < -0.3 is 5.73 Å². The van der Waals surface area contributed by atoms with Gasteiger partial charge in [0.1, 0.15) is 5.78 Å². The molecule has 0 fully saturated rings. The fourth-order valence-corrected chi connectivity index (χ4v) is 1.81. The lowest BCUT2D eigenvalue weighted by Crippen LogP contribution is -2.26. The molecule has 1 atom stereocenters. The average Bonchev–Trinajstić information content (AvgIpc) is 2.60. The molecule has 1 heterocycles. The molecule has 0 amide bonds. The maximum atomic E-state index is 12.0. The molecule has 1 rings (SSSR count). The summed E-state index contributed by atoms with van der Waals surface area (Å²) in [5.41, 5.74) is 6.46. The van der Waals surface area contributed by atoms with Crippen LogP contribution in [0.4, 0.5) is 0 Å². The van der Waals surface area contributed by atoms with Crippen molar-refractivity contribution < 1.29 is 4.79 Å². The standard InChI is InChI=1S/C12H21N3O/c1-9(2)6-10(8-13)12(16)7-11-4-5-15(3)14-11/h4-5,9-10H,6-8,13H2,1-3H3. The van der Waals surface area contributed by atoms with E-state index < -0.39 is 0 Å². The second-order valence-corrected chi connectivity index (χ2v) is 4.69. The summed E-state index contributed by atoms with van der Waals surface area (Å²) in [6.07, 6.45) is 3.11. The van der Waals surface area contributed by atoms with Crippen LogP contribution in [0.1, 0.15) is 26.0 Å². The molecule has 90 valence electrons. The number of ketones is 1. The van der Waals surface area contributed by atoms with E-state index in [4.69, 9.17) is 5.73 Å². The second-order valence-electron chi connectivity index (χ2n) is 4.69. The molecule has 2 N–H and O–H groups in total. The molecule has 0 aliphatic heterocycles. The zero-order valence-electron chi connectivity index (χ0n) is 10.3. The van der Waals surface area contributed by atoms with Gasteiger partial charge in [-0.15, -0.1) is 0 Å². The SMILES string of the molecule is CC(C)CC(CN)C(=O)Cc1ccn(C)n1. The molecule has 1 aromatic heterocycles. The summed E-state index contributed by atoms with van der Waals surface area (Å²) < 4.78 is 1.71. The Balaban J connectivity index is 2.55. The van der Waals surface area contributed by atoms with Gasteiger partial charge in [0, 0.05) is 25.7 Å². The molecule has 0 saturated heterocycles. The van der Waals surface area contributed by atoms with Crippen LogP contribution in [0.2, 0.25) is 0 Å². The summed E-state index contributed by atoms with van der Waals surface area (Å²) in [4.78, 5) is 12.0. The Morgan fingerprint density at radius 3 is 2.69 bits per heavy atom. The van der Waals surface area contributed by atoms with E-state index in [0.29, 0.717) is 18.9 Å². The van der Waals surface area contributed by atoms with Gasteiger partial charge in [-0.25, -0.2) is 0 Å². The third-order valence-corrected chi connectivity index (χ3v) is 2.62. The van der Waals surface area contributed by atoms with E-state index in [1.165, 1.54) is 0 Å². The van der Waals surface area contributed by atoms with Crippen molar-refractivity contribution in [3.63, 3.8) is 0 Å². The average molecular weight is 223 g/mol. The van der Waals surface area contributed by atoms with E-state index in [0.717, 1.165) is 12.1 Å². The first-order valence-corrected chi connectivity index (χ1v) is 5.74. The molecule has 4 nitrogen and oxygen atoms in total. The van der Waals surface area contributed by atoms with Crippen LogP contribution in [0.3, 0.4) is 0 Å². The molecular formula is C12H21N3O. The highest BCUT2D eigenvalue weighted by Crippen LogP contribution is 2.13. The first-order valence-electron chi connectivity index (χ1n) is 5.74. The van der Waals surface area contributed by atoms with Gasteiger partial charge >= 0.3 is 0 Å². The predicted molar refractivity (Wildman–Crippen MR) is 63.9 cm³/mol. The number of Topliss-reactive ketones (excluding diaryl/α,β-unsaturated/α-hetero) is 1. The van der Waals surface area contributed by atoms with E-state index in [-0.39, 0.29) is 11.7 Å². The lowest BCUT2D eigenvalue weighted by atomic mass is 9.91. The predicted octanol–water partition coefficient (Wildman–Crippen LogP) is 1.15. The number of aryl methyl sites for hydroxylation is 1. The van der Waals surface area contributed by atoms with Crippen molar-refractivity contribution in [1.29, 1.82) is 0 Å². The summed E-state index contributed by atoms with van der Waals surface area (Å²) in [5.74, 6) is 0.679. The highest BCUT2D eigenvalue weighted by Gasteiger charge is 2.19. The number of hydrogen-bond acceptors (Lipinski definition) is 3. The van der Waals surface area contributed by atoms with E-state index in [9.17, 15) is 4.79 Å². The van der Waals surface area contributed by atoms with Crippen LogP contribution in [0, 0.1) is 11.8 Å². The minimum Gasteiger partial charge on any atom is -0.330 e. The van der Waals surface area contributed by atoms with E-state index in [1.54, 1.807) is 4.68 Å². The molecule has 1 aromatic rings. The minimum atomic E-state index is -0.0259. The van der Waals surface area contributed by atoms with Gasteiger partial charge in [0.2, 0.25) is 0 Å². The Morgan fingerprint density at radius 2 is 2.25 bits per heavy atom. The zero-order chi connectivity index (χ0) is 12.1. The minimum absolute atomic E-state index is 0.0259. The van der Waals surface area contributed by atoms with Gasteiger partial charge in [0.15, 0.2) is 0 Å². The third-order valence-electron chi connectivity index (χ3n) is 2.62. The van der Waals surface area contributed by atoms with Crippen molar-refractivity contribution in [2.45, 2.75) is 26.7 Å². The van der Waals surface area contributed by atoms with E-state index >= 15 is 0 Å². The molecule has 4 heteroatoms. The summed E-state index contributed by atoms with van der Waals surface area (Å²) in [5, 5.41) is 4.20. The zero-order valence-corrected chi connectivity index (χ0v) is 10.3. The molecule has 0 aromatic carbocycles. The third kappa shape index (κ3) is 3.77. The van der Waals surface area contributed by atoms with Crippen molar-refractivity contribution in [2.75, 3.05) is 6.54 Å². The van der Waals surface area contributed by atoms with Gasteiger partial charge in [-0.3, -0.25) is 9.48 Å². The number of hydrogen-bond donors (Lipinski definition) is 1. The Kier molecular flexibility index (Phi) is 4.68. The maximum absolute atomic E-state index is 12.0. The Morgan fingerprint density at radius 1 is 1.56 bits per heavy atom. The molecule has 16 heavy (non-hydrogen) atoms. The number of nitrogens with two attached hydrogens (primary N) is 1. The number of carbonyl (C=O) groups is 1. The lowest BCUT2D eigenvalue weighted by molar-refractivity contribution is -0.122. The monoisotopic (exact) mass is 223 g/mol. The first kappa shape index (κ1) is 12.9.